The molecule has 3 aromatic rings. The molecule has 0 radical (unpaired) electrons. The number of carbonyl (C=O) groups excluding carboxylic acids is 1. The summed E-state index contributed by atoms with van der Waals surface area (Å²) in [6.45, 7) is 1.84. The van der Waals surface area contributed by atoms with Crippen molar-refractivity contribution in [2.75, 3.05) is 5.32 Å². The van der Waals surface area contributed by atoms with E-state index in [2.05, 4.69) is 10.4 Å². The number of carbonyl (C=O) groups is 1. The molecule has 7 heteroatoms. The van der Waals surface area contributed by atoms with Gasteiger partial charge in [0.2, 0.25) is 0 Å². The van der Waals surface area contributed by atoms with E-state index in [-0.39, 0.29) is 10.9 Å². The first-order valence-electron chi connectivity index (χ1n) is 7.03. The minimum absolute atomic E-state index is 0.283. The lowest BCUT2D eigenvalue weighted by Crippen LogP contribution is -2.15. The largest absolute Gasteiger partial charge is 0.306 e. The number of nitrogens with one attached hydrogen (secondary N) is 1. The Morgan fingerprint density at radius 2 is 1.79 bits per heavy atom. The van der Waals surface area contributed by atoms with E-state index in [9.17, 15) is 4.79 Å². The zero-order valence-electron chi connectivity index (χ0n) is 12.6. The molecule has 1 heterocycles. The lowest BCUT2D eigenvalue weighted by atomic mass is 10.2. The molecule has 1 amide bonds. The molecule has 122 valence electrons. The third-order valence-electron chi connectivity index (χ3n) is 3.30. The summed E-state index contributed by atoms with van der Waals surface area (Å²) in [5.74, 6) is 0.172. The number of amides is 1. The molecular formula is C17H12Cl3N3O. The van der Waals surface area contributed by atoms with E-state index in [1.165, 1.54) is 6.07 Å². The monoisotopic (exact) mass is 379 g/mol. The maximum Gasteiger partial charge on any atom is 0.258 e. The molecule has 0 unspecified atom stereocenters. The summed E-state index contributed by atoms with van der Waals surface area (Å²) in [4.78, 5) is 12.5. The fourth-order valence-corrected chi connectivity index (χ4v) is 2.93. The van der Waals surface area contributed by atoms with Gasteiger partial charge in [-0.25, -0.2) is 4.68 Å². The predicted octanol–water partition coefficient (Wildman–Crippen LogP) is 5.39. The van der Waals surface area contributed by atoms with Crippen molar-refractivity contribution in [2.24, 2.45) is 0 Å². The van der Waals surface area contributed by atoms with Gasteiger partial charge >= 0.3 is 0 Å². The van der Waals surface area contributed by atoms with Gasteiger partial charge in [0.1, 0.15) is 5.82 Å². The van der Waals surface area contributed by atoms with Crippen LogP contribution >= 0.6 is 34.8 Å². The summed E-state index contributed by atoms with van der Waals surface area (Å²) in [7, 11) is 0. The number of anilines is 1. The summed E-state index contributed by atoms with van der Waals surface area (Å²) in [6.07, 6.45) is 0. The second kappa shape index (κ2) is 6.85. The highest BCUT2D eigenvalue weighted by Crippen LogP contribution is 2.24. The van der Waals surface area contributed by atoms with Gasteiger partial charge in [-0.2, -0.15) is 5.10 Å². The Bertz CT molecular complexity index is 921. The molecule has 0 spiro atoms. The fraction of sp³-hybridized carbons (Fsp3) is 0.0588. The van der Waals surface area contributed by atoms with Crippen LogP contribution in [0.2, 0.25) is 15.1 Å². The fourth-order valence-electron chi connectivity index (χ4n) is 2.25. The van der Waals surface area contributed by atoms with Crippen LogP contribution in [0.15, 0.2) is 48.5 Å². The molecule has 0 fully saturated rings. The Labute approximate surface area is 154 Å². The molecule has 0 saturated heterocycles. The van der Waals surface area contributed by atoms with Crippen LogP contribution in [-0.2, 0) is 0 Å². The molecular weight excluding hydrogens is 369 g/mol. The lowest BCUT2D eigenvalue weighted by molar-refractivity contribution is 0.102. The number of hydrogen-bond acceptors (Lipinski definition) is 2. The molecule has 0 aliphatic rings. The first kappa shape index (κ1) is 16.8. The van der Waals surface area contributed by atoms with Crippen LogP contribution in [0.1, 0.15) is 16.1 Å². The normalized spacial score (nSPS) is 10.7. The molecule has 1 N–H and O–H groups in total. The van der Waals surface area contributed by atoms with Crippen LogP contribution in [0.25, 0.3) is 5.69 Å². The number of hydrogen-bond donors (Lipinski definition) is 1. The maximum atomic E-state index is 12.5. The van der Waals surface area contributed by atoms with Crippen LogP contribution in [0.3, 0.4) is 0 Å². The van der Waals surface area contributed by atoms with Gasteiger partial charge in [-0.15, -0.1) is 0 Å². The third-order valence-corrected chi connectivity index (χ3v) is 4.08. The Kier molecular flexibility index (Phi) is 4.81. The van der Waals surface area contributed by atoms with Gasteiger partial charge in [0, 0.05) is 16.1 Å². The molecule has 0 bridgehead atoms. The van der Waals surface area contributed by atoms with Crippen LogP contribution in [0, 0.1) is 6.92 Å². The zero-order valence-corrected chi connectivity index (χ0v) is 14.8. The smallest absolute Gasteiger partial charge is 0.258 e. The Balaban J connectivity index is 1.94. The first-order chi connectivity index (χ1) is 11.4. The highest BCUT2D eigenvalue weighted by Gasteiger charge is 2.15. The van der Waals surface area contributed by atoms with Crippen molar-refractivity contribution in [2.45, 2.75) is 6.92 Å². The summed E-state index contributed by atoms with van der Waals surface area (Å²) in [5, 5.41) is 8.55. The van der Waals surface area contributed by atoms with E-state index < -0.39 is 0 Å². The van der Waals surface area contributed by atoms with Crippen molar-refractivity contribution in [3.63, 3.8) is 0 Å². The van der Waals surface area contributed by atoms with Gasteiger partial charge in [0.15, 0.2) is 0 Å². The highest BCUT2D eigenvalue weighted by molar-refractivity contribution is 6.37. The minimum atomic E-state index is -0.347. The van der Waals surface area contributed by atoms with Crippen LogP contribution in [0.5, 0.6) is 0 Å². The van der Waals surface area contributed by atoms with Crippen molar-refractivity contribution >= 4 is 46.5 Å². The van der Waals surface area contributed by atoms with E-state index in [0.717, 1.165) is 11.4 Å². The van der Waals surface area contributed by atoms with Crippen molar-refractivity contribution in [1.82, 2.24) is 9.78 Å². The van der Waals surface area contributed by atoms with E-state index in [1.54, 1.807) is 35.0 Å². The Morgan fingerprint density at radius 3 is 2.50 bits per heavy atom. The van der Waals surface area contributed by atoms with Crippen molar-refractivity contribution in [1.29, 1.82) is 0 Å². The van der Waals surface area contributed by atoms with Gasteiger partial charge in [0.25, 0.3) is 5.91 Å². The topological polar surface area (TPSA) is 46.9 Å². The highest BCUT2D eigenvalue weighted by atomic mass is 35.5. The van der Waals surface area contributed by atoms with Crippen LogP contribution in [0.4, 0.5) is 5.82 Å². The van der Waals surface area contributed by atoms with Gasteiger partial charge in [-0.1, -0.05) is 40.9 Å². The van der Waals surface area contributed by atoms with Crippen molar-refractivity contribution < 1.29 is 4.79 Å². The molecule has 24 heavy (non-hydrogen) atoms. The summed E-state index contributed by atoms with van der Waals surface area (Å²) < 4.78 is 1.61. The lowest BCUT2D eigenvalue weighted by Gasteiger charge is -2.10. The number of aryl methyl sites for hydroxylation is 1. The SMILES string of the molecule is Cc1cc(NC(=O)c2ccc(Cl)cc2Cl)n(-c2cccc(Cl)c2)n1. The number of halogens is 3. The molecule has 3 rings (SSSR count). The van der Waals surface area contributed by atoms with Crippen LogP contribution in [-0.4, -0.2) is 15.7 Å². The Morgan fingerprint density at radius 1 is 1.04 bits per heavy atom. The third kappa shape index (κ3) is 3.56. The van der Waals surface area contributed by atoms with Gasteiger partial charge < -0.3 is 5.32 Å². The standard InChI is InChI=1S/C17H12Cl3N3O/c1-10-7-16(23(22-10)13-4-2-3-11(18)8-13)21-17(24)14-6-5-12(19)9-15(14)20/h2-9H,1H3,(H,21,24). The molecule has 0 saturated carbocycles. The number of aromatic nitrogens is 2. The number of rotatable bonds is 3. The van der Waals surface area contributed by atoms with E-state index in [4.69, 9.17) is 34.8 Å². The maximum absolute atomic E-state index is 12.5. The van der Waals surface area contributed by atoms with Gasteiger partial charge in [-0.3, -0.25) is 4.79 Å². The average molecular weight is 381 g/mol. The second-order valence-electron chi connectivity index (χ2n) is 5.14. The van der Waals surface area contributed by atoms with Gasteiger partial charge in [-0.05, 0) is 43.3 Å². The quantitative estimate of drug-likeness (QED) is 0.662. The van der Waals surface area contributed by atoms with E-state index in [1.807, 2.05) is 19.1 Å². The molecule has 1 aromatic heterocycles. The van der Waals surface area contributed by atoms with Crippen molar-refractivity contribution in [3.05, 3.63) is 74.9 Å². The second-order valence-corrected chi connectivity index (χ2v) is 6.42. The summed E-state index contributed by atoms with van der Waals surface area (Å²) >= 11 is 18.0. The molecule has 4 nitrogen and oxygen atoms in total. The number of benzene rings is 2. The Hall–Kier alpha value is -2.01. The van der Waals surface area contributed by atoms with Crippen LogP contribution < -0.4 is 5.32 Å². The number of nitrogens with zero attached hydrogens (tertiary/aromatic N) is 2. The van der Waals surface area contributed by atoms with Gasteiger partial charge in [0.05, 0.1) is 22.0 Å². The first-order valence-corrected chi connectivity index (χ1v) is 8.16. The zero-order chi connectivity index (χ0) is 17.3. The van der Waals surface area contributed by atoms with Crippen molar-refractivity contribution in [3.8, 4) is 5.69 Å². The molecule has 0 aliphatic heterocycles. The molecule has 0 atom stereocenters. The van der Waals surface area contributed by atoms with E-state index in [0.29, 0.717) is 21.4 Å². The minimum Gasteiger partial charge on any atom is -0.306 e. The summed E-state index contributed by atoms with van der Waals surface area (Å²) in [5.41, 5.74) is 1.83. The molecule has 0 aliphatic carbocycles. The average Bonchev–Trinajstić information content (AvgIpc) is 2.87. The van der Waals surface area contributed by atoms with E-state index >= 15 is 0 Å². The summed E-state index contributed by atoms with van der Waals surface area (Å²) in [6, 6.07) is 13.7. The predicted molar refractivity (Wildman–Crippen MR) is 97.7 cm³/mol. The molecule has 2 aromatic carbocycles.